The molecule has 1 aliphatic heterocycles. The van der Waals surface area contributed by atoms with Crippen LogP contribution in [0.25, 0.3) is 0 Å². The first kappa shape index (κ1) is 14.6. The predicted octanol–water partition coefficient (Wildman–Crippen LogP) is 1.83. The molecular weight excluding hydrogens is 253 g/mol. The number of piperidine rings is 1. The summed E-state index contributed by atoms with van der Waals surface area (Å²) in [5.74, 6) is -0.781. The first-order valence-corrected chi connectivity index (χ1v) is 6.52. The van der Waals surface area contributed by atoms with Crippen LogP contribution in [0.1, 0.15) is 19.8 Å². The lowest BCUT2D eigenvalue weighted by molar-refractivity contribution is -0.130. The maximum atomic E-state index is 12.0. The van der Waals surface area contributed by atoms with Crippen LogP contribution in [0.4, 0.5) is 13.2 Å². The van der Waals surface area contributed by atoms with Crippen LogP contribution in [0.2, 0.25) is 0 Å². The van der Waals surface area contributed by atoms with Crippen LogP contribution in [0.3, 0.4) is 0 Å². The number of rotatable bonds is 3. The van der Waals surface area contributed by atoms with E-state index >= 15 is 0 Å². The number of nitrogens with zero attached hydrogens (tertiary/aromatic N) is 1. The Morgan fingerprint density at radius 1 is 1.59 bits per heavy atom. The van der Waals surface area contributed by atoms with Gasteiger partial charge < -0.3 is 10.6 Å². The van der Waals surface area contributed by atoms with Crippen LogP contribution in [0.5, 0.6) is 0 Å². The second kappa shape index (κ2) is 5.95. The van der Waals surface area contributed by atoms with E-state index in [2.05, 4.69) is 0 Å². The molecule has 1 heterocycles. The third kappa shape index (κ3) is 5.16. The summed E-state index contributed by atoms with van der Waals surface area (Å²) in [6.07, 6.45) is 1.75. The SMILES string of the molecule is C[C@H](N)[C@H]1CCCN(C(=O)CSC(F)(F)F)C1. The van der Waals surface area contributed by atoms with E-state index in [1.54, 1.807) is 0 Å². The molecule has 0 saturated carbocycles. The Bertz CT molecular complexity index is 271. The number of hydrogen-bond donors (Lipinski definition) is 1. The van der Waals surface area contributed by atoms with Crippen LogP contribution < -0.4 is 5.73 Å². The molecule has 2 atom stereocenters. The number of carbonyl (C=O) groups excluding carboxylic acids is 1. The number of hydrogen-bond acceptors (Lipinski definition) is 3. The zero-order chi connectivity index (χ0) is 13.1. The second-order valence-corrected chi connectivity index (χ2v) is 5.38. The van der Waals surface area contributed by atoms with Gasteiger partial charge in [0.1, 0.15) is 0 Å². The average molecular weight is 270 g/mol. The van der Waals surface area contributed by atoms with Crippen molar-refractivity contribution in [3.05, 3.63) is 0 Å². The fourth-order valence-corrected chi connectivity index (χ4v) is 2.37. The maximum absolute atomic E-state index is 12.0. The van der Waals surface area contributed by atoms with Crippen LogP contribution >= 0.6 is 11.8 Å². The van der Waals surface area contributed by atoms with Crippen molar-refractivity contribution < 1.29 is 18.0 Å². The van der Waals surface area contributed by atoms with Gasteiger partial charge in [-0.15, -0.1) is 0 Å². The summed E-state index contributed by atoms with van der Waals surface area (Å²) in [5, 5.41) is 0. The van der Waals surface area contributed by atoms with Gasteiger partial charge in [-0.25, -0.2) is 0 Å². The van der Waals surface area contributed by atoms with E-state index in [1.165, 1.54) is 4.90 Å². The summed E-state index contributed by atoms with van der Waals surface area (Å²) in [5.41, 5.74) is 1.41. The highest BCUT2D eigenvalue weighted by atomic mass is 32.2. The van der Waals surface area contributed by atoms with E-state index in [0.29, 0.717) is 13.1 Å². The molecular formula is C10H17F3N2OS. The molecule has 0 spiro atoms. The van der Waals surface area contributed by atoms with E-state index in [9.17, 15) is 18.0 Å². The Labute approximate surface area is 103 Å². The van der Waals surface area contributed by atoms with E-state index in [0.717, 1.165) is 12.8 Å². The molecule has 0 radical (unpaired) electrons. The normalized spacial score (nSPS) is 23.6. The lowest BCUT2D eigenvalue weighted by Crippen LogP contribution is -2.45. The number of carbonyl (C=O) groups is 1. The van der Waals surface area contributed by atoms with Gasteiger partial charge in [-0.2, -0.15) is 13.2 Å². The highest BCUT2D eigenvalue weighted by Gasteiger charge is 2.32. The molecule has 17 heavy (non-hydrogen) atoms. The lowest BCUT2D eigenvalue weighted by atomic mass is 9.92. The molecule has 2 N–H and O–H groups in total. The van der Waals surface area contributed by atoms with Crippen LogP contribution in [-0.4, -0.2) is 41.2 Å². The van der Waals surface area contributed by atoms with Crippen molar-refractivity contribution in [3.8, 4) is 0 Å². The zero-order valence-electron chi connectivity index (χ0n) is 9.67. The maximum Gasteiger partial charge on any atom is 0.442 e. The molecule has 3 nitrogen and oxygen atoms in total. The van der Waals surface area contributed by atoms with Gasteiger partial charge in [0.25, 0.3) is 0 Å². The molecule has 1 fully saturated rings. The molecule has 1 amide bonds. The molecule has 1 aliphatic rings. The van der Waals surface area contributed by atoms with Crippen molar-refractivity contribution in [1.82, 2.24) is 4.90 Å². The quantitative estimate of drug-likeness (QED) is 0.851. The summed E-state index contributed by atoms with van der Waals surface area (Å²) < 4.78 is 35.9. The Balaban J connectivity index is 2.41. The smallest absolute Gasteiger partial charge is 0.342 e. The van der Waals surface area contributed by atoms with Crippen molar-refractivity contribution in [3.63, 3.8) is 0 Å². The van der Waals surface area contributed by atoms with Crippen molar-refractivity contribution in [2.75, 3.05) is 18.8 Å². The molecule has 0 aromatic heterocycles. The number of alkyl halides is 3. The van der Waals surface area contributed by atoms with Gasteiger partial charge in [-0.1, -0.05) is 0 Å². The second-order valence-electron chi connectivity index (χ2n) is 4.34. The zero-order valence-corrected chi connectivity index (χ0v) is 10.5. The standard InChI is InChI=1S/C10H17F3N2OS/c1-7(14)8-3-2-4-15(5-8)9(16)6-17-10(11,12)13/h7-8H,2-6,14H2,1H3/t7-,8-/m0/s1. The largest absolute Gasteiger partial charge is 0.442 e. The van der Waals surface area contributed by atoms with Crippen molar-refractivity contribution in [2.45, 2.75) is 31.3 Å². The van der Waals surface area contributed by atoms with Crippen molar-refractivity contribution in [1.29, 1.82) is 0 Å². The molecule has 0 aromatic rings. The molecule has 7 heteroatoms. The molecule has 1 rings (SSSR count). The summed E-state index contributed by atoms with van der Waals surface area (Å²) in [6.45, 7) is 2.89. The highest BCUT2D eigenvalue weighted by Crippen LogP contribution is 2.30. The Morgan fingerprint density at radius 2 is 2.24 bits per heavy atom. The van der Waals surface area contributed by atoms with Crippen LogP contribution in [-0.2, 0) is 4.79 Å². The minimum absolute atomic E-state index is 0.0270. The van der Waals surface area contributed by atoms with Gasteiger partial charge in [-0.3, -0.25) is 4.79 Å². The highest BCUT2D eigenvalue weighted by molar-refractivity contribution is 8.00. The van der Waals surface area contributed by atoms with E-state index in [4.69, 9.17) is 5.73 Å². The Morgan fingerprint density at radius 3 is 2.76 bits per heavy atom. The summed E-state index contributed by atoms with van der Waals surface area (Å²) in [4.78, 5) is 13.1. The number of halogens is 3. The molecule has 1 saturated heterocycles. The van der Waals surface area contributed by atoms with Gasteiger partial charge >= 0.3 is 5.51 Å². The first-order chi connectivity index (χ1) is 7.79. The minimum atomic E-state index is -4.34. The number of thioether (sulfide) groups is 1. The van der Waals surface area contributed by atoms with E-state index in [1.807, 2.05) is 6.92 Å². The molecule has 0 unspecified atom stereocenters. The van der Waals surface area contributed by atoms with Gasteiger partial charge in [0, 0.05) is 19.1 Å². The third-order valence-corrected chi connectivity index (χ3v) is 3.63. The average Bonchev–Trinajstić information content (AvgIpc) is 2.25. The van der Waals surface area contributed by atoms with E-state index in [-0.39, 0.29) is 23.7 Å². The van der Waals surface area contributed by atoms with Crippen LogP contribution in [0.15, 0.2) is 0 Å². The molecule has 0 aliphatic carbocycles. The van der Waals surface area contributed by atoms with Gasteiger partial charge in [0.2, 0.25) is 5.91 Å². The molecule has 0 bridgehead atoms. The fourth-order valence-electron chi connectivity index (χ4n) is 1.90. The third-order valence-electron chi connectivity index (χ3n) is 2.91. The van der Waals surface area contributed by atoms with Gasteiger partial charge in [0.05, 0.1) is 5.75 Å². The fraction of sp³-hybridized carbons (Fsp3) is 0.900. The number of nitrogens with two attached hydrogens (primary N) is 1. The molecule has 0 aromatic carbocycles. The summed E-state index contributed by atoms with van der Waals surface area (Å²) in [6, 6.07) is -0.0270. The first-order valence-electron chi connectivity index (χ1n) is 5.53. The topological polar surface area (TPSA) is 46.3 Å². The Hall–Kier alpha value is -0.430. The summed E-state index contributed by atoms with van der Waals surface area (Å²) >= 11 is -0.278. The van der Waals surface area contributed by atoms with Gasteiger partial charge in [0.15, 0.2) is 0 Å². The van der Waals surface area contributed by atoms with Crippen LogP contribution in [0, 0.1) is 5.92 Å². The van der Waals surface area contributed by atoms with E-state index < -0.39 is 17.2 Å². The summed E-state index contributed by atoms with van der Waals surface area (Å²) in [7, 11) is 0. The lowest BCUT2D eigenvalue weighted by Gasteiger charge is -2.34. The predicted molar refractivity (Wildman–Crippen MR) is 61.5 cm³/mol. The minimum Gasteiger partial charge on any atom is -0.342 e. The van der Waals surface area contributed by atoms with Crippen molar-refractivity contribution in [2.24, 2.45) is 11.7 Å². The Kier molecular flexibility index (Phi) is 5.12. The monoisotopic (exact) mass is 270 g/mol. The molecule has 100 valence electrons. The number of amides is 1. The van der Waals surface area contributed by atoms with Gasteiger partial charge in [-0.05, 0) is 37.4 Å². The number of likely N-dealkylation sites (tertiary alicyclic amines) is 1. The van der Waals surface area contributed by atoms with Crippen molar-refractivity contribution >= 4 is 17.7 Å².